The van der Waals surface area contributed by atoms with Crippen LogP contribution in [0.15, 0.2) is 42.5 Å². The van der Waals surface area contributed by atoms with Gasteiger partial charge in [0.25, 0.3) is 11.8 Å². The Balaban J connectivity index is 1.76. The minimum atomic E-state index is -0.642. The second-order valence-corrected chi connectivity index (χ2v) is 5.02. The van der Waals surface area contributed by atoms with Gasteiger partial charge in [0.05, 0.1) is 22.5 Å². The molecule has 23 heavy (non-hydrogen) atoms. The molecule has 6 nitrogen and oxygen atoms in total. The van der Waals surface area contributed by atoms with Gasteiger partial charge in [-0.2, -0.15) is 0 Å². The molecule has 3 amide bonds. The van der Waals surface area contributed by atoms with Crippen molar-refractivity contribution in [3.63, 3.8) is 0 Å². The quantitative estimate of drug-likeness (QED) is 0.665. The third-order valence-electron chi connectivity index (χ3n) is 3.47. The number of carbonyl (C=O) groups excluding carboxylic acids is 3. The van der Waals surface area contributed by atoms with Gasteiger partial charge in [-0.3, -0.25) is 19.3 Å². The fourth-order valence-corrected chi connectivity index (χ4v) is 2.35. The van der Waals surface area contributed by atoms with Crippen LogP contribution in [-0.4, -0.2) is 29.2 Å². The largest absolute Gasteiger partial charge is 0.397 e. The summed E-state index contributed by atoms with van der Waals surface area (Å²) in [5.41, 5.74) is 6.43. The number of imide groups is 1. The monoisotopic (exact) mass is 313 g/mol. The number of amides is 3. The molecule has 0 saturated heterocycles. The maximum absolute atomic E-state index is 13.2. The molecule has 0 bridgehead atoms. The maximum atomic E-state index is 13.2. The zero-order chi connectivity index (χ0) is 16.6. The van der Waals surface area contributed by atoms with Crippen LogP contribution in [0.4, 0.5) is 15.8 Å². The number of nitrogens with one attached hydrogen (secondary N) is 1. The summed E-state index contributed by atoms with van der Waals surface area (Å²) >= 11 is 0. The lowest BCUT2D eigenvalue weighted by atomic mass is 10.1. The minimum absolute atomic E-state index is 0.0895. The third kappa shape index (κ3) is 2.64. The first-order chi connectivity index (χ1) is 11.0. The van der Waals surface area contributed by atoms with Gasteiger partial charge in [-0.1, -0.05) is 12.1 Å². The van der Waals surface area contributed by atoms with Crippen molar-refractivity contribution in [2.24, 2.45) is 0 Å². The van der Waals surface area contributed by atoms with Gasteiger partial charge in [0.15, 0.2) is 0 Å². The Morgan fingerprint density at radius 3 is 2.30 bits per heavy atom. The molecule has 1 aliphatic heterocycles. The van der Waals surface area contributed by atoms with E-state index in [-0.39, 0.29) is 22.5 Å². The molecule has 1 heterocycles. The number of anilines is 2. The van der Waals surface area contributed by atoms with E-state index in [1.165, 1.54) is 18.2 Å². The highest BCUT2D eigenvalue weighted by atomic mass is 19.1. The number of nitrogens with two attached hydrogens (primary N) is 1. The Hall–Kier alpha value is -3.22. The van der Waals surface area contributed by atoms with Crippen LogP contribution in [0.1, 0.15) is 20.7 Å². The molecule has 2 aromatic carbocycles. The molecule has 1 aliphatic rings. The second-order valence-electron chi connectivity index (χ2n) is 5.02. The van der Waals surface area contributed by atoms with Gasteiger partial charge in [-0.25, -0.2) is 4.39 Å². The number of fused-ring (bicyclic) bond motifs is 1. The van der Waals surface area contributed by atoms with E-state index < -0.39 is 30.1 Å². The Morgan fingerprint density at radius 1 is 1.09 bits per heavy atom. The van der Waals surface area contributed by atoms with Crippen molar-refractivity contribution in [1.29, 1.82) is 0 Å². The molecule has 116 valence electrons. The number of hydrogen-bond acceptors (Lipinski definition) is 4. The SMILES string of the molecule is Nc1ccc(F)cc1NC(=O)CN1C(=O)c2ccccc2C1=O. The molecular weight excluding hydrogens is 301 g/mol. The van der Waals surface area contributed by atoms with Gasteiger partial charge in [-0.05, 0) is 30.3 Å². The fourth-order valence-electron chi connectivity index (χ4n) is 2.35. The summed E-state index contributed by atoms with van der Waals surface area (Å²) in [5, 5.41) is 2.40. The number of carbonyl (C=O) groups is 3. The number of nitrogens with zero attached hydrogens (tertiary/aromatic N) is 1. The third-order valence-corrected chi connectivity index (χ3v) is 3.47. The smallest absolute Gasteiger partial charge is 0.262 e. The summed E-state index contributed by atoms with van der Waals surface area (Å²) in [6.07, 6.45) is 0. The summed E-state index contributed by atoms with van der Waals surface area (Å²) in [6.45, 7) is -0.470. The summed E-state index contributed by atoms with van der Waals surface area (Å²) in [5.74, 6) is -2.27. The number of halogens is 1. The first-order valence-electron chi connectivity index (χ1n) is 6.77. The van der Waals surface area contributed by atoms with Crippen LogP contribution in [0, 0.1) is 5.82 Å². The van der Waals surface area contributed by atoms with E-state index in [1.54, 1.807) is 12.1 Å². The molecule has 0 atom stereocenters. The van der Waals surface area contributed by atoms with Crippen LogP contribution >= 0.6 is 0 Å². The maximum Gasteiger partial charge on any atom is 0.262 e. The highest BCUT2D eigenvalue weighted by Gasteiger charge is 2.36. The zero-order valence-electron chi connectivity index (χ0n) is 11.9. The van der Waals surface area contributed by atoms with E-state index >= 15 is 0 Å². The normalized spacial score (nSPS) is 13.2. The lowest BCUT2D eigenvalue weighted by Crippen LogP contribution is -2.37. The van der Waals surface area contributed by atoms with Crippen molar-refractivity contribution >= 4 is 29.1 Å². The Labute approximate surface area is 130 Å². The summed E-state index contributed by atoms with van der Waals surface area (Å²) in [4.78, 5) is 37.2. The predicted octanol–water partition coefficient (Wildman–Crippen LogP) is 1.64. The molecule has 2 aromatic rings. The van der Waals surface area contributed by atoms with Gasteiger partial charge in [0.1, 0.15) is 12.4 Å². The van der Waals surface area contributed by atoms with Crippen LogP contribution in [0.5, 0.6) is 0 Å². The summed E-state index contributed by atoms with van der Waals surface area (Å²) in [6, 6.07) is 9.87. The Bertz CT molecular complexity index is 800. The first-order valence-corrected chi connectivity index (χ1v) is 6.77. The van der Waals surface area contributed by atoms with Crippen molar-refractivity contribution in [3.8, 4) is 0 Å². The molecule has 0 aromatic heterocycles. The average molecular weight is 313 g/mol. The minimum Gasteiger partial charge on any atom is -0.397 e. The number of rotatable bonds is 3. The van der Waals surface area contributed by atoms with Gasteiger partial charge in [0, 0.05) is 0 Å². The summed E-state index contributed by atoms with van der Waals surface area (Å²) in [7, 11) is 0. The van der Waals surface area contributed by atoms with E-state index in [0.717, 1.165) is 17.0 Å². The van der Waals surface area contributed by atoms with Crippen molar-refractivity contribution in [2.45, 2.75) is 0 Å². The highest BCUT2D eigenvalue weighted by Crippen LogP contribution is 2.23. The molecule has 0 aliphatic carbocycles. The van der Waals surface area contributed by atoms with Gasteiger partial charge in [-0.15, -0.1) is 0 Å². The van der Waals surface area contributed by atoms with Crippen molar-refractivity contribution in [3.05, 3.63) is 59.4 Å². The Morgan fingerprint density at radius 2 is 1.70 bits per heavy atom. The van der Waals surface area contributed by atoms with Gasteiger partial charge in [0.2, 0.25) is 5.91 Å². The van der Waals surface area contributed by atoms with Crippen LogP contribution in [0.3, 0.4) is 0 Å². The molecular formula is C16H12FN3O3. The molecule has 0 fully saturated rings. The molecule has 3 rings (SSSR count). The number of hydrogen-bond donors (Lipinski definition) is 2. The molecule has 0 spiro atoms. The molecule has 0 unspecified atom stereocenters. The van der Waals surface area contributed by atoms with Crippen LogP contribution in [0.2, 0.25) is 0 Å². The summed E-state index contributed by atoms with van der Waals surface area (Å²) < 4.78 is 13.2. The number of benzene rings is 2. The van der Waals surface area contributed by atoms with Crippen LogP contribution < -0.4 is 11.1 Å². The number of nitrogen functional groups attached to an aromatic ring is 1. The van der Waals surface area contributed by atoms with Crippen molar-refractivity contribution < 1.29 is 18.8 Å². The van der Waals surface area contributed by atoms with Gasteiger partial charge < -0.3 is 11.1 Å². The molecule has 0 saturated carbocycles. The van der Waals surface area contributed by atoms with E-state index in [1.807, 2.05) is 0 Å². The lowest BCUT2D eigenvalue weighted by molar-refractivity contribution is -0.116. The first kappa shape index (κ1) is 14.7. The molecule has 3 N–H and O–H groups in total. The van der Waals surface area contributed by atoms with Gasteiger partial charge >= 0.3 is 0 Å². The highest BCUT2D eigenvalue weighted by molar-refractivity contribution is 6.22. The topological polar surface area (TPSA) is 92.5 Å². The molecule has 7 heteroatoms. The standard InChI is InChI=1S/C16H12FN3O3/c17-9-5-6-12(18)13(7-9)19-14(21)8-20-15(22)10-3-1-2-4-11(10)16(20)23/h1-7H,8,18H2,(H,19,21). The van der Waals surface area contributed by atoms with E-state index in [9.17, 15) is 18.8 Å². The zero-order valence-corrected chi connectivity index (χ0v) is 11.9. The Kier molecular flexibility index (Phi) is 3.53. The predicted molar refractivity (Wildman–Crippen MR) is 81.3 cm³/mol. The fraction of sp³-hybridized carbons (Fsp3) is 0.0625. The van der Waals surface area contributed by atoms with E-state index in [4.69, 9.17) is 5.73 Å². The van der Waals surface area contributed by atoms with Crippen molar-refractivity contribution in [1.82, 2.24) is 4.90 Å². The average Bonchev–Trinajstić information content (AvgIpc) is 2.76. The molecule has 0 radical (unpaired) electrons. The van der Waals surface area contributed by atoms with Crippen LogP contribution in [-0.2, 0) is 4.79 Å². The lowest BCUT2D eigenvalue weighted by Gasteiger charge is -2.14. The van der Waals surface area contributed by atoms with E-state index in [0.29, 0.717) is 0 Å². The van der Waals surface area contributed by atoms with E-state index in [2.05, 4.69) is 5.32 Å². The van der Waals surface area contributed by atoms with Crippen molar-refractivity contribution in [2.75, 3.05) is 17.6 Å². The van der Waals surface area contributed by atoms with Crippen LogP contribution in [0.25, 0.3) is 0 Å². The second kappa shape index (κ2) is 5.53.